The van der Waals surface area contributed by atoms with Crippen LogP contribution in [0.5, 0.6) is 0 Å². The molecule has 0 radical (unpaired) electrons. The number of halogens is 1. The van der Waals surface area contributed by atoms with Gasteiger partial charge >= 0.3 is 0 Å². The van der Waals surface area contributed by atoms with Gasteiger partial charge in [0.2, 0.25) is 0 Å². The van der Waals surface area contributed by atoms with E-state index in [1.165, 1.54) is 11.1 Å². The molecule has 3 atom stereocenters. The normalized spacial score (nSPS) is 32.0. The summed E-state index contributed by atoms with van der Waals surface area (Å²) in [6.07, 6.45) is -0.234. The second-order valence-corrected chi connectivity index (χ2v) is 4.70. The predicted octanol–water partition coefficient (Wildman–Crippen LogP) is 2.35. The maximum atomic E-state index is 10.2. The highest BCUT2D eigenvalue weighted by Gasteiger charge is 2.44. The molecule has 0 aromatic heterocycles. The summed E-state index contributed by atoms with van der Waals surface area (Å²) in [5.74, 6) is 0.999. The van der Waals surface area contributed by atoms with Gasteiger partial charge in [-0.15, -0.1) is 17.0 Å². The summed E-state index contributed by atoms with van der Waals surface area (Å²) in [7, 11) is 0. The van der Waals surface area contributed by atoms with Crippen molar-refractivity contribution in [2.45, 2.75) is 18.9 Å². The van der Waals surface area contributed by atoms with E-state index < -0.39 is 0 Å². The van der Waals surface area contributed by atoms with Crippen LogP contribution in [0.2, 0.25) is 0 Å². The summed E-state index contributed by atoms with van der Waals surface area (Å²) in [5.41, 5.74) is 2.55. The summed E-state index contributed by atoms with van der Waals surface area (Å²) < 4.78 is 0. The smallest absolute Gasteiger partial charge is 0.0839 e. The molecular weight excluding hydrogens is 266 g/mol. The molecule has 0 amide bonds. The number of aliphatic hydroxyl groups is 1. The third-order valence-corrected chi connectivity index (χ3v) is 4.01. The Balaban J connectivity index is 0.000000963. The average Bonchev–Trinajstić information content (AvgIpc) is 2.80. The zero-order valence-corrected chi connectivity index (χ0v) is 11.2. The second kappa shape index (κ2) is 4.47. The van der Waals surface area contributed by atoms with Crippen molar-refractivity contribution in [1.29, 1.82) is 0 Å². The Morgan fingerprint density at radius 2 is 1.94 bits per heavy atom. The molecule has 1 aromatic rings. The van der Waals surface area contributed by atoms with E-state index in [1.807, 2.05) is 6.07 Å². The summed E-state index contributed by atoms with van der Waals surface area (Å²) in [6.45, 7) is 5.47. The second-order valence-electron chi connectivity index (χ2n) is 4.70. The third kappa shape index (κ3) is 1.62. The summed E-state index contributed by atoms with van der Waals surface area (Å²) in [4.78, 5) is 2.44. The topological polar surface area (TPSA) is 23.5 Å². The first-order valence-electron chi connectivity index (χ1n) is 5.80. The fourth-order valence-electron chi connectivity index (χ4n) is 3.17. The van der Waals surface area contributed by atoms with Gasteiger partial charge in [-0.1, -0.05) is 31.2 Å². The molecule has 3 rings (SSSR count). The van der Waals surface area contributed by atoms with Crippen molar-refractivity contribution in [1.82, 2.24) is 4.90 Å². The first-order valence-corrected chi connectivity index (χ1v) is 5.80. The van der Waals surface area contributed by atoms with Gasteiger partial charge in [-0.05, 0) is 17.7 Å². The van der Waals surface area contributed by atoms with Crippen LogP contribution in [-0.4, -0.2) is 29.6 Å². The van der Waals surface area contributed by atoms with Gasteiger partial charge in [0.25, 0.3) is 0 Å². The fraction of sp³-hybridized carbons (Fsp3) is 0.538. The number of benzene rings is 1. The zero-order chi connectivity index (χ0) is 10.4. The van der Waals surface area contributed by atoms with E-state index >= 15 is 0 Å². The van der Waals surface area contributed by atoms with Gasteiger partial charge in [-0.2, -0.15) is 0 Å². The largest absolute Gasteiger partial charge is 0.388 e. The highest BCUT2D eigenvalue weighted by molar-refractivity contribution is 8.93. The van der Waals surface area contributed by atoms with Crippen molar-refractivity contribution in [3.63, 3.8) is 0 Å². The fourth-order valence-corrected chi connectivity index (χ4v) is 3.17. The molecule has 1 saturated heterocycles. The molecule has 16 heavy (non-hydrogen) atoms. The number of hydrogen-bond acceptors (Lipinski definition) is 2. The maximum absolute atomic E-state index is 10.2. The summed E-state index contributed by atoms with van der Waals surface area (Å²) in [5, 5.41) is 10.2. The first-order chi connectivity index (χ1) is 7.31. The van der Waals surface area contributed by atoms with Crippen LogP contribution in [-0.2, 0) is 0 Å². The van der Waals surface area contributed by atoms with Gasteiger partial charge in [0, 0.05) is 24.9 Å². The Bertz CT molecular complexity index is 382. The van der Waals surface area contributed by atoms with Crippen LogP contribution in [0.15, 0.2) is 24.3 Å². The number of hydrogen-bond donors (Lipinski definition) is 1. The lowest BCUT2D eigenvalue weighted by molar-refractivity contribution is 0.119. The van der Waals surface area contributed by atoms with Crippen molar-refractivity contribution >= 4 is 17.0 Å². The van der Waals surface area contributed by atoms with Crippen LogP contribution in [0.25, 0.3) is 0 Å². The van der Waals surface area contributed by atoms with Gasteiger partial charge in [0.1, 0.15) is 0 Å². The molecule has 0 bridgehead atoms. The molecule has 1 aromatic carbocycles. The van der Waals surface area contributed by atoms with Crippen LogP contribution in [0, 0.1) is 5.92 Å². The van der Waals surface area contributed by atoms with Gasteiger partial charge in [0.05, 0.1) is 6.10 Å². The monoisotopic (exact) mass is 283 g/mol. The number of likely N-dealkylation sites (tertiary alicyclic amines) is 1. The standard InChI is InChI=1S/C13H17NO.BrH/c1-2-14-7-11-9-5-3-4-6-10(9)13(15)12(11)8-14;/h3-6,11-13,15H,2,7-8H2,1H3;1H. The van der Waals surface area contributed by atoms with Crippen molar-refractivity contribution in [2.75, 3.05) is 19.6 Å². The maximum Gasteiger partial charge on any atom is 0.0839 e. The Morgan fingerprint density at radius 1 is 1.25 bits per heavy atom. The number of fused-ring (bicyclic) bond motifs is 3. The number of nitrogens with zero attached hydrogens (tertiary/aromatic N) is 1. The van der Waals surface area contributed by atoms with Crippen LogP contribution < -0.4 is 0 Å². The Labute approximate surface area is 107 Å². The molecule has 1 aliphatic carbocycles. The van der Waals surface area contributed by atoms with E-state index in [9.17, 15) is 5.11 Å². The molecule has 3 heteroatoms. The Hall–Kier alpha value is -0.380. The van der Waals surface area contributed by atoms with Crippen LogP contribution in [0.1, 0.15) is 30.1 Å². The van der Waals surface area contributed by atoms with Gasteiger partial charge in [-0.25, -0.2) is 0 Å². The van der Waals surface area contributed by atoms with Gasteiger partial charge in [0.15, 0.2) is 0 Å². The van der Waals surface area contributed by atoms with Gasteiger partial charge < -0.3 is 10.0 Å². The van der Waals surface area contributed by atoms with Crippen molar-refractivity contribution in [3.05, 3.63) is 35.4 Å². The van der Waals surface area contributed by atoms with Crippen LogP contribution >= 0.6 is 17.0 Å². The van der Waals surface area contributed by atoms with Crippen molar-refractivity contribution in [2.24, 2.45) is 5.92 Å². The minimum Gasteiger partial charge on any atom is -0.388 e. The van der Waals surface area contributed by atoms with E-state index in [4.69, 9.17) is 0 Å². The quantitative estimate of drug-likeness (QED) is 0.855. The third-order valence-electron chi connectivity index (χ3n) is 4.01. The molecule has 1 N–H and O–H groups in total. The molecule has 3 unspecified atom stereocenters. The Morgan fingerprint density at radius 3 is 2.62 bits per heavy atom. The summed E-state index contributed by atoms with van der Waals surface area (Å²) in [6, 6.07) is 8.38. The van der Waals surface area contributed by atoms with E-state index in [1.54, 1.807) is 0 Å². The van der Waals surface area contributed by atoms with Crippen LogP contribution in [0.3, 0.4) is 0 Å². The molecule has 1 fully saturated rings. The number of likely N-dealkylation sites (N-methyl/N-ethyl adjacent to an activating group) is 1. The number of rotatable bonds is 1. The molecular formula is C13H18BrNO. The van der Waals surface area contributed by atoms with E-state index in [0.717, 1.165) is 19.6 Å². The lowest BCUT2D eigenvalue weighted by Crippen LogP contribution is -2.22. The molecule has 1 heterocycles. The minimum atomic E-state index is -0.234. The Kier molecular flexibility index (Phi) is 3.38. The van der Waals surface area contributed by atoms with Crippen molar-refractivity contribution < 1.29 is 5.11 Å². The SMILES string of the molecule is Br.CCN1CC2c3ccccc3C(O)C2C1. The summed E-state index contributed by atoms with van der Waals surface area (Å²) >= 11 is 0. The molecule has 88 valence electrons. The lowest BCUT2D eigenvalue weighted by Gasteiger charge is -2.16. The van der Waals surface area contributed by atoms with E-state index in [0.29, 0.717) is 11.8 Å². The molecule has 0 spiro atoms. The highest BCUT2D eigenvalue weighted by atomic mass is 79.9. The van der Waals surface area contributed by atoms with Crippen LogP contribution in [0.4, 0.5) is 0 Å². The molecule has 1 aliphatic heterocycles. The minimum absolute atomic E-state index is 0. The zero-order valence-electron chi connectivity index (χ0n) is 9.47. The molecule has 2 nitrogen and oxygen atoms in total. The van der Waals surface area contributed by atoms with Gasteiger partial charge in [-0.3, -0.25) is 0 Å². The number of aliphatic hydroxyl groups excluding tert-OH is 1. The molecule has 2 aliphatic rings. The highest BCUT2D eigenvalue weighted by Crippen LogP contribution is 2.48. The van der Waals surface area contributed by atoms with E-state index in [2.05, 4.69) is 30.0 Å². The van der Waals surface area contributed by atoms with Crippen molar-refractivity contribution in [3.8, 4) is 0 Å². The predicted molar refractivity (Wildman–Crippen MR) is 70.1 cm³/mol. The average molecular weight is 284 g/mol. The lowest BCUT2D eigenvalue weighted by atomic mass is 9.96. The van der Waals surface area contributed by atoms with E-state index in [-0.39, 0.29) is 23.1 Å². The molecule has 0 saturated carbocycles. The first kappa shape index (κ1) is 12.1.